The third-order valence-electron chi connectivity index (χ3n) is 3.24. The Morgan fingerprint density at radius 2 is 2.20 bits per heavy atom. The Hall–Kier alpha value is -2.58. The van der Waals surface area contributed by atoms with Crippen LogP contribution in [0.15, 0.2) is 51.9 Å². The molecule has 0 aliphatic rings. The molecule has 3 aromatic rings. The number of phenols is 1. The minimum absolute atomic E-state index is 0.0214. The van der Waals surface area contributed by atoms with E-state index in [1.807, 2.05) is 24.3 Å². The van der Waals surface area contributed by atoms with Gasteiger partial charge in [-0.05, 0) is 24.3 Å². The van der Waals surface area contributed by atoms with E-state index in [1.54, 1.807) is 29.5 Å². The van der Waals surface area contributed by atoms with Crippen LogP contribution in [0.25, 0.3) is 10.2 Å². The maximum absolute atomic E-state index is 11.9. The number of hydrogen-bond donors (Lipinski definition) is 2. The number of carbonyl (C=O) groups is 1. The highest BCUT2D eigenvalue weighted by molar-refractivity contribution is 8.01. The van der Waals surface area contributed by atoms with Crippen molar-refractivity contribution in [1.82, 2.24) is 10.4 Å². The Morgan fingerprint density at radius 1 is 1.36 bits per heavy atom. The number of para-hydroxylation sites is 2. The summed E-state index contributed by atoms with van der Waals surface area (Å²) < 4.78 is 6.95. The van der Waals surface area contributed by atoms with Crippen LogP contribution >= 0.6 is 23.1 Å². The fourth-order valence-corrected chi connectivity index (χ4v) is 3.92. The van der Waals surface area contributed by atoms with Gasteiger partial charge in [0.1, 0.15) is 0 Å². The second kappa shape index (κ2) is 8.00. The molecule has 0 unspecified atom stereocenters. The van der Waals surface area contributed by atoms with E-state index in [4.69, 9.17) is 4.74 Å². The number of nitrogens with zero attached hydrogens (tertiary/aromatic N) is 2. The van der Waals surface area contributed by atoms with E-state index in [0.29, 0.717) is 11.3 Å². The fourth-order valence-electron chi connectivity index (χ4n) is 2.05. The third kappa shape index (κ3) is 4.28. The van der Waals surface area contributed by atoms with Gasteiger partial charge in [0.2, 0.25) is 0 Å². The van der Waals surface area contributed by atoms with Crippen molar-refractivity contribution >= 4 is 45.4 Å². The van der Waals surface area contributed by atoms with Crippen LogP contribution in [0.2, 0.25) is 0 Å². The number of hydrogen-bond acceptors (Lipinski definition) is 7. The molecule has 1 aromatic heterocycles. The van der Waals surface area contributed by atoms with Crippen molar-refractivity contribution in [3.8, 4) is 11.5 Å². The normalized spacial score (nSPS) is 11.1. The van der Waals surface area contributed by atoms with E-state index < -0.39 is 0 Å². The molecule has 3 rings (SSSR count). The van der Waals surface area contributed by atoms with Crippen LogP contribution in [-0.2, 0) is 4.79 Å². The first-order valence-corrected chi connectivity index (χ1v) is 9.14. The highest BCUT2D eigenvalue weighted by Gasteiger charge is 2.08. The van der Waals surface area contributed by atoms with Gasteiger partial charge in [-0.2, -0.15) is 5.10 Å². The van der Waals surface area contributed by atoms with Crippen molar-refractivity contribution in [3.05, 3.63) is 48.0 Å². The number of ether oxygens (including phenoxy) is 1. The van der Waals surface area contributed by atoms with E-state index in [0.717, 1.165) is 14.6 Å². The van der Waals surface area contributed by atoms with Crippen molar-refractivity contribution in [2.45, 2.75) is 4.34 Å². The molecule has 128 valence electrons. The maximum atomic E-state index is 11.9. The van der Waals surface area contributed by atoms with Gasteiger partial charge in [-0.3, -0.25) is 4.79 Å². The number of fused-ring (bicyclic) bond motifs is 1. The van der Waals surface area contributed by atoms with E-state index in [-0.39, 0.29) is 17.4 Å². The lowest BCUT2D eigenvalue weighted by Crippen LogP contribution is -2.19. The zero-order chi connectivity index (χ0) is 17.6. The van der Waals surface area contributed by atoms with Gasteiger partial charge in [0, 0.05) is 5.56 Å². The summed E-state index contributed by atoms with van der Waals surface area (Å²) >= 11 is 2.91. The number of benzene rings is 2. The number of amides is 1. The van der Waals surface area contributed by atoms with E-state index in [2.05, 4.69) is 15.5 Å². The molecule has 6 nitrogen and oxygen atoms in total. The monoisotopic (exact) mass is 373 g/mol. The van der Waals surface area contributed by atoms with Crippen LogP contribution in [0, 0.1) is 0 Å². The van der Waals surface area contributed by atoms with Crippen molar-refractivity contribution in [2.24, 2.45) is 5.10 Å². The number of methoxy groups -OCH3 is 1. The largest absolute Gasteiger partial charge is 0.504 e. The molecule has 0 fully saturated rings. The second-order valence-corrected chi connectivity index (χ2v) is 7.18. The van der Waals surface area contributed by atoms with Gasteiger partial charge in [0.15, 0.2) is 15.8 Å². The Labute approximate surface area is 152 Å². The molecule has 0 spiro atoms. The molecular weight excluding hydrogens is 358 g/mol. The average molecular weight is 373 g/mol. The second-order valence-electron chi connectivity index (χ2n) is 4.93. The molecule has 8 heteroatoms. The number of aromatic nitrogens is 1. The summed E-state index contributed by atoms with van der Waals surface area (Å²) in [6, 6.07) is 12.9. The van der Waals surface area contributed by atoms with Crippen LogP contribution in [-0.4, -0.2) is 35.1 Å². The van der Waals surface area contributed by atoms with Gasteiger partial charge < -0.3 is 9.84 Å². The number of rotatable bonds is 6. The van der Waals surface area contributed by atoms with E-state index in [1.165, 1.54) is 25.1 Å². The highest BCUT2D eigenvalue weighted by Crippen LogP contribution is 2.29. The van der Waals surface area contributed by atoms with Crippen LogP contribution in [0.5, 0.6) is 11.5 Å². The van der Waals surface area contributed by atoms with Crippen molar-refractivity contribution < 1.29 is 14.6 Å². The number of carbonyl (C=O) groups excluding carboxylic acids is 1. The van der Waals surface area contributed by atoms with E-state index >= 15 is 0 Å². The quantitative estimate of drug-likeness (QED) is 0.394. The lowest BCUT2D eigenvalue weighted by atomic mass is 10.2. The molecule has 1 heterocycles. The molecule has 0 saturated heterocycles. The molecule has 0 saturated carbocycles. The lowest BCUT2D eigenvalue weighted by Gasteiger charge is -2.04. The molecule has 0 aliphatic heterocycles. The molecule has 1 amide bonds. The van der Waals surface area contributed by atoms with Crippen LogP contribution < -0.4 is 10.2 Å². The summed E-state index contributed by atoms with van der Waals surface area (Å²) in [6.45, 7) is 0. The Kier molecular flexibility index (Phi) is 5.52. The number of phenolic OH excluding ortho intramolecular Hbond substituents is 1. The van der Waals surface area contributed by atoms with Gasteiger partial charge in [0.05, 0.1) is 29.3 Å². The Balaban J connectivity index is 1.54. The number of hydrazone groups is 1. The molecule has 25 heavy (non-hydrogen) atoms. The number of thiazole rings is 1. The topological polar surface area (TPSA) is 83.8 Å². The van der Waals surface area contributed by atoms with Gasteiger partial charge in [-0.25, -0.2) is 10.4 Å². The van der Waals surface area contributed by atoms with Crippen molar-refractivity contribution in [1.29, 1.82) is 0 Å². The molecular formula is C17H15N3O3S2. The fraction of sp³-hybridized carbons (Fsp3) is 0.118. The maximum Gasteiger partial charge on any atom is 0.250 e. The summed E-state index contributed by atoms with van der Waals surface area (Å²) in [5.41, 5.74) is 3.82. The first-order chi connectivity index (χ1) is 12.2. The minimum Gasteiger partial charge on any atom is -0.504 e. The van der Waals surface area contributed by atoms with Crippen LogP contribution in [0.3, 0.4) is 0 Å². The van der Waals surface area contributed by atoms with Gasteiger partial charge >= 0.3 is 0 Å². The van der Waals surface area contributed by atoms with Crippen molar-refractivity contribution in [2.75, 3.05) is 12.9 Å². The standard InChI is InChI=1S/C17H15N3O3S2/c1-23-13-7-4-5-11(16(13)22)9-18-20-15(21)10-24-17-19-12-6-2-3-8-14(12)25-17/h2-9,22H,10H2,1H3,(H,20,21)/b18-9-. The predicted molar refractivity (Wildman–Crippen MR) is 101 cm³/mol. The zero-order valence-corrected chi connectivity index (χ0v) is 14.9. The molecule has 2 N–H and O–H groups in total. The molecule has 0 bridgehead atoms. The highest BCUT2D eigenvalue weighted by atomic mass is 32.2. The Bertz CT molecular complexity index is 891. The van der Waals surface area contributed by atoms with Crippen LogP contribution in [0.1, 0.15) is 5.56 Å². The number of thioether (sulfide) groups is 1. The smallest absolute Gasteiger partial charge is 0.250 e. The molecule has 2 aromatic carbocycles. The van der Waals surface area contributed by atoms with Crippen LogP contribution in [0.4, 0.5) is 0 Å². The van der Waals surface area contributed by atoms with Gasteiger partial charge in [-0.1, -0.05) is 30.0 Å². The third-order valence-corrected chi connectivity index (χ3v) is 5.42. The molecule has 0 radical (unpaired) electrons. The zero-order valence-electron chi connectivity index (χ0n) is 13.3. The molecule has 0 aliphatic carbocycles. The summed E-state index contributed by atoms with van der Waals surface area (Å²) in [7, 11) is 1.47. The van der Waals surface area contributed by atoms with E-state index in [9.17, 15) is 9.90 Å². The Morgan fingerprint density at radius 3 is 3.00 bits per heavy atom. The predicted octanol–water partition coefficient (Wildman–Crippen LogP) is 3.25. The number of aromatic hydroxyl groups is 1. The summed E-state index contributed by atoms with van der Waals surface area (Å²) in [6.07, 6.45) is 1.37. The average Bonchev–Trinajstić information content (AvgIpc) is 3.04. The first-order valence-electron chi connectivity index (χ1n) is 7.33. The first kappa shape index (κ1) is 17.2. The summed E-state index contributed by atoms with van der Waals surface area (Å²) in [5, 5.41) is 13.8. The minimum atomic E-state index is -0.247. The van der Waals surface area contributed by atoms with Gasteiger partial charge in [-0.15, -0.1) is 11.3 Å². The SMILES string of the molecule is COc1cccc(/C=N\NC(=O)CSc2nc3ccccc3s2)c1O. The summed E-state index contributed by atoms with van der Waals surface area (Å²) in [5.74, 6) is 0.290. The number of nitrogens with one attached hydrogen (secondary N) is 1. The van der Waals surface area contributed by atoms with Gasteiger partial charge in [0.25, 0.3) is 5.91 Å². The summed E-state index contributed by atoms with van der Waals surface area (Å²) in [4.78, 5) is 16.3. The van der Waals surface area contributed by atoms with Crippen molar-refractivity contribution in [3.63, 3.8) is 0 Å². The molecule has 0 atom stereocenters. The lowest BCUT2D eigenvalue weighted by molar-refractivity contribution is -0.118.